The van der Waals surface area contributed by atoms with Gasteiger partial charge in [-0.25, -0.2) is 9.97 Å². The number of hydrogen-bond acceptors (Lipinski definition) is 7. The molecule has 0 spiro atoms. The van der Waals surface area contributed by atoms with Gasteiger partial charge in [0.05, 0.1) is 18.1 Å². The Bertz CT molecular complexity index is 701. The molecular formula is C16H19N5O3. The van der Waals surface area contributed by atoms with Gasteiger partial charge in [0.2, 0.25) is 5.95 Å². The summed E-state index contributed by atoms with van der Waals surface area (Å²) in [5, 5.41) is 10.7. The molecule has 8 nitrogen and oxygen atoms in total. The summed E-state index contributed by atoms with van der Waals surface area (Å²) in [6.45, 7) is 3.82. The van der Waals surface area contributed by atoms with Crippen molar-refractivity contribution in [2.45, 2.75) is 6.54 Å². The molecule has 1 saturated heterocycles. The zero-order valence-corrected chi connectivity index (χ0v) is 13.5. The fourth-order valence-electron chi connectivity index (χ4n) is 2.69. The van der Waals surface area contributed by atoms with E-state index in [9.17, 15) is 10.1 Å². The van der Waals surface area contributed by atoms with Gasteiger partial charge in [-0.3, -0.25) is 10.1 Å². The molecule has 0 atom stereocenters. The third-order valence-electron chi connectivity index (χ3n) is 3.93. The van der Waals surface area contributed by atoms with Gasteiger partial charge in [-0.1, -0.05) is 18.2 Å². The van der Waals surface area contributed by atoms with E-state index < -0.39 is 4.92 Å². The van der Waals surface area contributed by atoms with Crippen LogP contribution in [0.1, 0.15) is 5.56 Å². The summed E-state index contributed by atoms with van der Waals surface area (Å²) >= 11 is 0. The minimum absolute atomic E-state index is 0.110. The van der Waals surface area contributed by atoms with Gasteiger partial charge in [-0.15, -0.1) is 0 Å². The summed E-state index contributed by atoms with van der Waals surface area (Å²) in [4.78, 5) is 22.5. The fraction of sp³-hybridized carbons (Fsp3) is 0.375. The number of benzene rings is 1. The molecule has 0 bridgehead atoms. The predicted octanol–water partition coefficient (Wildman–Crippen LogP) is 1.86. The van der Waals surface area contributed by atoms with Crippen LogP contribution in [0.3, 0.4) is 0 Å². The molecular weight excluding hydrogens is 310 g/mol. The Morgan fingerprint density at radius 3 is 2.58 bits per heavy atom. The molecule has 0 saturated carbocycles. The highest BCUT2D eigenvalue weighted by atomic mass is 16.6. The lowest BCUT2D eigenvalue weighted by Crippen LogP contribution is -2.37. The minimum atomic E-state index is -0.502. The van der Waals surface area contributed by atoms with Gasteiger partial charge in [0, 0.05) is 32.4 Å². The van der Waals surface area contributed by atoms with Crippen LogP contribution in [-0.2, 0) is 11.3 Å². The van der Waals surface area contributed by atoms with Crippen LogP contribution in [0.25, 0.3) is 0 Å². The van der Waals surface area contributed by atoms with E-state index >= 15 is 0 Å². The highest BCUT2D eigenvalue weighted by molar-refractivity contribution is 5.55. The Kier molecular flexibility index (Phi) is 4.85. The molecule has 0 unspecified atom stereocenters. The second kappa shape index (κ2) is 7.22. The Morgan fingerprint density at radius 1 is 1.25 bits per heavy atom. The zero-order chi connectivity index (χ0) is 16.9. The lowest BCUT2D eigenvalue weighted by molar-refractivity contribution is -0.385. The second-order valence-corrected chi connectivity index (χ2v) is 5.58. The fourth-order valence-corrected chi connectivity index (χ4v) is 2.69. The highest BCUT2D eigenvalue weighted by Gasteiger charge is 2.16. The number of nitro groups is 1. The first-order valence-corrected chi connectivity index (χ1v) is 7.73. The van der Waals surface area contributed by atoms with Gasteiger partial charge in [0.1, 0.15) is 12.4 Å². The molecule has 1 aromatic carbocycles. The second-order valence-electron chi connectivity index (χ2n) is 5.58. The molecule has 8 heteroatoms. The van der Waals surface area contributed by atoms with Crippen molar-refractivity contribution in [3.05, 3.63) is 52.3 Å². The summed E-state index contributed by atoms with van der Waals surface area (Å²) in [5.41, 5.74) is 2.22. The Balaban J connectivity index is 1.76. The standard InChI is InChI=1S/C16H19N5O3/c1-19(16-17-10-14(11-18-16)21(22)23)12-13-4-2-3-5-15(13)20-6-8-24-9-7-20/h2-5,10-11H,6-9,12H2,1H3. The summed E-state index contributed by atoms with van der Waals surface area (Å²) < 4.78 is 5.41. The minimum Gasteiger partial charge on any atom is -0.378 e. The number of ether oxygens (including phenoxy) is 1. The summed E-state index contributed by atoms with van der Waals surface area (Å²) in [6.07, 6.45) is 2.46. The van der Waals surface area contributed by atoms with E-state index in [4.69, 9.17) is 4.74 Å². The van der Waals surface area contributed by atoms with Crippen molar-refractivity contribution in [2.75, 3.05) is 43.2 Å². The summed E-state index contributed by atoms with van der Waals surface area (Å²) in [6, 6.07) is 8.21. The van der Waals surface area contributed by atoms with Crippen LogP contribution < -0.4 is 9.80 Å². The Morgan fingerprint density at radius 2 is 1.92 bits per heavy atom. The van der Waals surface area contributed by atoms with Crippen molar-refractivity contribution in [2.24, 2.45) is 0 Å². The number of morpholine rings is 1. The topological polar surface area (TPSA) is 84.6 Å². The van der Waals surface area contributed by atoms with Crippen LogP contribution in [0.5, 0.6) is 0 Å². The van der Waals surface area contributed by atoms with E-state index in [0.717, 1.165) is 31.9 Å². The van der Waals surface area contributed by atoms with Crippen LogP contribution in [0.4, 0.5) is 17.3 Å². The smallest absolute Gasteiger partial charge is 0.305 e. The van der Waals surface area contributed by atoms with Crippen molar-refractivity contribution in [1.29, 1.82) is 0 Å². The maximum Gasteiger partial charge on any atom is 0.305 e. The van der Waals surface area contributed by atoms with Crippen molar-refractivity contribution in [3.63, 3.8) is 0 Å². The summed E-state index contributed by atoms with van der Waals surface area (Å²) in [5.74, 6) is 0.456. The van der Waals surface area contributed by atoms with E-state index in [1.807, 2.05) is 24.1 Å². The summed E-state index contributed by atoms with van der Waals surface area (Å²) in [7, 11) is 1.87. The number of nitrogens with zero attached hydrogens (tertiary/aromatic N) is 5. The van der Waals surface area contributed by atoms with Gasteiger partial charge in [-0.2, -0.15) is 0 Å². The lowest BCUT2D eigenvalue weighted by Gasteiger charge is -2.31. The molecule has 0 amide bonds. The molecule has 1 fully saturated rings. The van der Waals surface area contributed by atoms with Crippen LogP contribution in [0.2, 0.25) is 0 Å². The number of hydrogen-bond donors (Lipinski definition) is 0. The molecule has 0 N–H and O–H groups in total. The average Bonchev–Trinajstić information content (AvgIpc) is 2.63. The Labute approximate surface area is 139 Å². The van der Waals surface area contributed by atoms with Crippen LogP contribution >= 0.6 is 0 Å². The molecule has 1 aliphatic heterocycles. The maximum absolute atomic E-state index is 10.7. The van der Waals surface area contributed by atoms with E-state index in [1.165, 1.54) is 18.1 Å². The normalized spacial score (nSPS) is 14.5. The number of anilines is 2. The predicted molar refractivity (Wildman–Crippen MR) is 90.3 cm³/mol. The van der Waals surface area contributed by atoms with Gasteiger partial charge in [0.15, 0.2) is 0 Å². The van der Waals surface area contributed by atoms with E-state index in [0.29, 0.717) is 12.5 Å². The maximum atomic E-state index is 10.7. The Hall–Kier alpha value is -2.74. The van der Waals surface area contributed by atoms with Crippen LogP contribution in [-0.4, -0.2) is 48.2 Å². The van der Waals surface area contributed by atoms with Crippen molar-refractivity contribution in [1.82, 2.24) is 9.97 Å². The van der Waals surface area contributed by atoms with Gasteiger partial charge < -0.3 is 14.5 Å². The monoisotopic (exact) mass is 329 g/mol. The molecule has 126 valence electrons. The molecule has 0 radical (unpaired) electrons. The molecule has 0 aliphatic carbocycles. The molecule has 1 aromatic heterocycles. The number of para-hydroxylation sites is 1. The van der Waals surface area contributed by atoms with Gasteiger partial charge in [-0.05, 0) is 11.6 Å². The van der Waals surface area contributed by atoms with Crippen molar-refractivity contribution in [3.8, 4) is 0 Å². The molecule has 24 heavy (non-hydrogen) atoms. The largest absolute Gasteiger partial charge is 0.378 e. The van der Waals surface area contributed by atoms with E-state index in [2.05, 4.69) is 27.0 Å². The molecule has 2 aromatic rings. The van der Waals surface area contributed by atoms with Gasteiger partial charge >= 0.3 is 5.69 Å². The first-order valence-electron chi connectivity index (χ1n) is 7.73. The molecule has 2 heterocycles. The molecule has 1 aliphatic rings. The zero-order valence-electron chi connectivity index (χ0n) is 13.5. The highest BCUT2D eigenvalue weighted by Crippen LogP contribution is 2.23. The number of aromatic nitrogens is 2. The van der Waals surface area contributed by atoms with Crippen molar-refractivity contribution < 1.29 is 9.66 Å². The first-order chi connectivity index (χ1) is 11.6. The lowest BCUT2D eigenvalue weighted by atomic mass is 10.1. The van der Waals surface area contributed by atoms with E-state index in [-0.39, 0.29) is 5.69 Å². The van der Waals surface area contributed by atoms with Crippen molar-refractivity contribution >= 4 is 17.3 Å². The van der Waals surface area contributed by atoms with Crippen LogP contribution in [0.15, 0.2) is 36.7 Å². The third kappa shape index (κ3) is 3.60. The van der Waals surface area contributed by atoms with Crippen LogP contribution in [0, 0.1) is 10.1 Å². The SMILES string of the molecule is CN(Cc1ccccc1N1CCOCC1)c1ncc([N+](=O)[O-])cn1. The van der Waals surface area contributed by atoms with E-state index in [1.54, 1.807) is 0 Å². The third-order valence-corrected chi connectivity index (χ3v) is 3.93. The van der Waals surface area contributed by atoms with Gasteiger partial charge in [0.25, 0.3) is 0 Å². The molecule has 3 rings (SSSR count). The average molecular weight is 329 g/mol. The number of rotatable bonds is 5. The first kappa shape index (κ1) is 16.1. The quantitative estimate of drug-likeness (QED) is 0.611.